The van der Waals surface area contributed by atoms with Crippen LogP contribution >= 0.6 is 0 Å². The largest absolute Gasteiger partial charge is 0.469 e. The summed E-state index contributed by atoms with van der Waals surface area (Å²) in [5, 5.41) is 3.07. The molecule has 28 heavy (non-hydrogen) atoms. The smallest absolute Gasteiger partial charge is 0.416 e. The third-order valence-corrected chi connectivity index (χ3v) is 4.47. The fourth-order valence-electron chi connectivity index (χ4n) is 3.11. The number of nitrogens with zero attached hydrogens (tertiary/aromatic N) is 2. The zero-order chi connectivity index (χ0) is 20.1. The van der Waals surface area contributed by atoms with E-state index in [9.17, 15) is 18.0 Å². The molecule has 1 atom stereocenters. The highest BCUT2D eigenvalue weighted by molar-refractivity contribution is 5.73. The van der Waals surface area contributed by atoms with E-state index in [-0.39, 0.29) is 19.1 Å². The molecular formula is C19H20F3N3O3. The average molecular weight is 395 g/mol. The Balaban J connectivity index is 1.85. The topological polar surface area (TPSA) is 73.3 Å². The summed E-state index contributed by atoms with van der Waals surface area (Å²) in [7, 11) is 1.29. The number of esters is 1. The van der Waals surface area contributed by atoms with Gasteiger partial charge in [0.05, 0.1) is 30.9 Å². The number of carbonyl (C=O) groups is 1. The number of methoxy groups -OCH3 is 1. The standard InChI is InChI=1S/C19H20F3N3O3/c1-27-16(26)9-14-17(15-6-3-7-28-15)18(25-11-24-14)23-10-12-4-2-5-13(8-12)19(20,21)22/h2,4-5,8,11,15H,3,6-7,9-10H2,1H3,(H,23,24,25). The van der Waals surface area contributed by atoms with Gasteiger partial charge in [-0.05, 0) is 30.5 Å². The van der Waals surface area contributed by atoms with E-state index in [2.05, 4.69) is 15.3 Å². The SMILES string of the molecule is COC(=O)Cc1ncnc(NCc2cccc(C(F)(F)F)c2)c1C1CCCO1. The van der Waals surface area contributed by atoms with Crippen LogP contribution in [0.2, 0.25) is 0 Å². The zero-order valence-electron chi connectivity index (χ0n) is 15.3. The number of benzene rings is 1. The van der Waals surface area contributed by atoms with Crippen molar-refractivity contribution in [3.05, 3.63) is 53.0 Å². The number of anilines is 1. The summed E-state index contributed by atoms with van der Waals surface area (Å²) in [6.07, 6.45) is -1.78. The number of hydrogen-bond donors (Lipinski definition) is 1. The van der Waals surface area contributed by atoms with E-state index in [4.69, 9.17) is 9.47 Å². The molecule has 1 N–H and O–H groups in total. The quantitative estimate of drug-likeness (QED) is 0.753. The van der Waals surface area contributed by atoms with Crippen molar-refractivity contribution in [1.29, 1.82) is 0 Å². The Kier molecular flexibility index (Phi) is 6.13. The van der Waals surface area contributed by atoms with Crippen LogP contribution in [0.4, 0.5) is 19.0 Å². The lowest BCUT2D eigenvalue weighted by molar-refractivity contribution is -0.140. The van der Waals surface area contributed by atoms with E-state index in [1.807, 2.05) is 0 Å². The van der Waals surface area contributed by atoms with Crippen molar-refractivity contribution in [2.45, 2.75) is 38.1 Å². The Bertz CT molecular complexity index is 837. The van der Waals surface area contributed by atoms with Gasteiger partial charge in [0.2, 0.25) is 0 Å². The predicted molar refractivity (Wildman–Crippen MR) is 94.4 cm³/mol. The van der Waals surface area contributed by atoms with E-state index in [1.54, 1.807) is 6.07 Å². The molecular weight excluding hydrogens is 375 g/mol. The van der Waals surface area contributed by atoms with Gasteiger partial charge in [0.1, 0.15) is 12.1 Å². The summed E-state index contributed by atoms with van der Waals surface area (Å²) in [6.45, 7) is 0.725. The number of nitrogens with one attached hydrogen (secondary N) is 1. The Morgan fingerprint density at radius 2 is 2.18 bits per heavy atom. The summed E-state index contributed by atoms with van der Waals surface area (Å²) in [6, 6.07) is 5.09. The second-order valence-corrected chi connectivity index (χ2v) is 6.39. The first-order chi connectivity index (χ1) is 13.4. The van der Waals surface area contributed by atoms with Gasteiger partial charge in [-0.15, -0.1) is 0 Å². The minimum Gasteiger partial charge on any atom is -0.469 e. The van der Waals surface area contributed by atoms with Crippen molar-refractivity contribution in [1.82, 2.24) is 9.97 Å². The molecule has 0 radical (unpaired) electrons. The number of ether oxygens (including phenoxy) is 2. The number of aromatic nitrogens is 2. The third-order valence-electron chi connectivity index (χ3n) is 4.47. The molecule has 1 aliphatic rings. The van der Waals surface area contributed by atoms with Crippen LogP contribution < -0.4 is 5.32 Å². The minimum absolute atomic E-state index is 0.0353. The van der Waals surface area contributed by atoms with E-state index in [1.165, 1.54) is 19.5 Å². The number of halogens is 3. The zero-order valence-corrected chi connectivity index (χ0v) is 15.3. The van der Waals surface area contributed by atoms with E-state index >= 15 is 0 Å². The molecule has 0 aliphatic carbocycles. The van der Waals surface area contributed by atoms with Crippen molar-refractivity contribution >= 4 is 11.8 Å². The molecule has 2 aromatic rings. The van der Waals surface area contributed by atoms with Gasteiger partial charge in [-0.25, -0.2) is 9.97 Å². The Labute approximate surface area is 160 Å². The third kappa shape index (κ3) is 4.78. The van der Waals surface area contributed by atoms with Gasteiger partial charge in [0, 0.05) is 18.7 Å². The maximum Gasteiger partial charge on any atom is 0.416 e. The molecule has 0 saturated carbocycles. The lowest BCUT2D eigenvalue weighted by Gasteiger charge is -2.18. The highest BCUT2D eigenvalue weighted by Crippen LogP contribution is 2.35. The number of rotatable bonds is 6. The minimum atomic E-state index is -4.40. The molecule has 1 saturated heterocycles. The van der Waals surface area contributed by atoms with Crippen LogP contribution in [0.3, 0.4) is 0 Å². The van der Waals surface area contributed by atoms with Crippen molar-refractivity contribution in [3.8, 4) is 0 Å². The molecule has 3 rings (SSSR count). The summed E-state index contributed by atoms with van der Waals surface area (Å²) in [4.78, 5) is 20.1. The monoisotopic (exact) mass is 395 g/mol. The molecule has 9 heteroatoms. The molecule has 0 bridgehead atoms. The molecule has 6 nitrogen and oxygen atoms in total. The van der Waals surface area contributed by atoms with Gasteiger partial charge < -0.3 is 14.8 Å². The average Bonchev–Trinajstić information content (AvgIpc) is 3.20. The van der Waals surface area contributed by atoms with Crippen molar-refractivity contribution in [2.75, 3.05) is 19.0 Å². The summed E-state index contributed by atoms with van der Waals surface area (Å²) in [5.41, 5.74) is 0.888. The van der Waals surface area contributed by atoms with Gasteiger partial charge in [0.15, 0.2) is 0 Å². The number of carbonyl (C=O) groups excluding carboxylic acids is 1. The van der Waals surface area contributed by atoms with Gasteiger partial charge >= 0.3 is 12.1 Å². The lowest BCUT2D eigenvalue weighted by Crippen LogP contribution is -2.15. The van der Waals surface area contributed by atoms with Crippen LogP contribution in [0, 0.1) is 0 Å². The predicted octanol–water partition coefficient (Wildman–Crippen LogP) is 3.67. The molecule has 1 aliphatic heterocycles. The summed E-state index contributed by atoms with van der Waals surface area (Å²) >= 11 is 0. The van der Waals surface area contributed by atoms with Crippen molar-refractivity contribution < 1.29 is 27.4 Å². The van der Waals surface area contributed by atoms with Gasteiger partial charge in [-0.2, -0.15) is 13.2 Å². The second-order valence-electron chi connectivity index (χ2n) is 6.39. The fourth-order valence-corrected chi connectivity index (χ4v) is 3.11. The molecule has 1 fully saturated rings. The maximum atomic E-state index is 12.9. The molecule has 150 valence electrons. The summed E-state index contributed by atoms with van der Waals surface area (Å²) < 4.78 is 49.2. The van der Waals surface area contributed by atoms with E-state index in [0.717, 1.165) is 25.0 Å². The fraction of sp³-hybridized carbons (Fsp3) is 0.421. The van der Waals surface area contributed by atoms with Crippen LogP contribution in [-0.4, -0.2) is 29.7 Å². The van der Waals surface area contributed by atoms with Crippen LogP contribution in [0.1, 0.15) is 41.3 Å². The van der Waals surface area contributed by atoms with Gasteiger partial charge in [-0.3, -0.25) is 4.79 Å². The van der Waals surface area contributed by atoms with Gasteiger partial charge in [0.25, 0.3) is 0 Å². The van der Waals surface area contributed by atoms with E-state index < -0.39 is 17.7 Å². The molecule has 0 spiro atoms. The number of alkyl halides is 3. The van der Waals surface area contributed by atoms with Crippen molar-refractivity contribution in [2.24, 2.45) is 0 Å². The molecule has 0 amide bonds. The van der Waals surface area contributed by atoms with Crippen LogP contribution in [-0.2, 0) is 33.4 Å². The summed E-state index contributed by atoms with van der Waals surface area (Å²) in [5.74, 6) is -0.00000915. The van der Waals surface area contributed by atoms with Crippen LogP contribution in [0.25, 0.3) is 0 Å². The Morgan fingerprint density at radius 3 is 2.86 bits per heavy atom. The first-order valence-corrected chi connectivity index (χ1v) is 8.80. The first-order valence-electron chi connectivity index (χ1n) is 8.80. The molecule has 1 aromatic heterocycles. The highest BCUT2D eigenvalue weighted by Gasteiger charge is 2.30. The number of hydrogen-bond acceptors (Lipinski definition) is 6. The Morgan fingerprint density at radius 1 is 1.36 bits per heavy atom. The van der Waals surface area contributed by atoms with Gasteiger partial charge in [-0.1, -0.05) is 12.1 Å². The van der Waals surface area contributed by atoms with E-state index in [0.29, 0.717) is 29.2 Å². The highest BCUT2D eigenvalue weighted by atomic mass is 19.4. The van der Waals surface area contributed by atoms with Crippen molar-refractivity contribution in [3.63, 3.8) is 0 Å². The molecule has 2 heterocycles. The normalized spacial score (nSPS) is 16.8. The molecule has 1 unspecified atom stereocenters. The molecule has 1 aromatic carbocycles. The van der Waals surface area contributed by atoms with Crippen LogP contribution in [0.5, 0.6) is 0 Å². The maximum absolute atomic E-state index is 12.9. The Hall–Kier alpha value is -2.68. The second kappa shape index (κ2) is 8.55. The van der Waals surface area contributed by atoms with Crippen LogP contribution in [0.15, 0.2) is 30.6 Å². The lowest BCUT2D eigenvalue weighted by atomic mass is 10.0. The first kappa shape index (κ1) is 20.1.